The van der Waals surface area contributed by atoms with Crippen LogP contribution in [0.5, 0.6) is 5.75 Å². The first-order chi connectivity index (χ1) is 18.0. The van der Waals surface area contributed by atoms with Gasteiger partial charge < -0.3 is 14.5 Å². The first-order valence-electron chi connectivity index (χ1n) is 12.9. The van der Waals surface area contributed by atoms with Crippen LogP contribution in [0.1, 0.15) is 54.7 Å². The molecule has 0 saturated carbocycles. The number of hydrogen-bond donors (Lipinski definition) is 1. The third-order valence-electron chi connectivity index (χ3n) is 7.08. The van der Waals surface area contributed by atoms with Crippen molar-refractivity contribution < 1.29 is 9.47 Å². The van der Waals surface area contributed by atoms with E-state index in [0.29, 0.717) is 25.2 Å². The van der Waals surface area contributed by atoms with Crippen molar-refractivity contribution in [2.24, 2.45) is 0 Å². The summed E-state index contributed by atoms with van der Waals surface area (Å²) in [6.45, 7) is 6.68. The summed E-state index contributed by atoms with van der Waals surface area (Å²) in [6.07, 6.45) is 2.98. The number of hydrogen-bond acceptors (Lipinski definition) is 7. The predicted octanol–water partition coefficient (Wildman–Crippen LogP) is 4.16. The molecule has 1 N–H and O–H groups in total. The third-order valence-corrected chi connectivity index (χ3v) is 7.08. The van der Waals surface area contributed by atoms with E-state index in [2.05, 4.69) is 57.5 Å². The van der Waals surface area contributed by atoms with Gasteiger partial charge in [-0.15, -0.1) is 5.10 Å². The minimum Gasteiger partial charge on any atom is -0.497 e. The molecule has 1 fully saturated rings. The van der Waals surface area contributed by atoms with E-state index >= 15 is 0 Å². The second-order valence-corrected chi connectivity index (χ2v) is 9.75. The number of fused-ring (bicyclic) bond motifs is 1. The number of nitrogens with one attached hydrogen (secondary N) is 1. The van der Waals surface area contributed by atoms with Gasteiger partial charge in [0, 0.05) is 30.8 Å². The highest BCUT2D eigenvalue weighted by atomic mass is 16.5. The van der Waals surface area contributed by atoms with E-state index in [1.54, 1.807) is 7.11 Å². The van der Waals surface area contributed by atoms with Gasteiger partial charge in [-0.2, -0.15) is 0 Å². The van der Waals surface area contributed by atoms with Crippen LogP contribution >= 0.6 is 0 Å². The third kappa shape index (κ3) is 5.73. The lowest BCUT2D eigenvalue weighted by Crippen LogP contribution is -2.33. The molecule has 2 aromatic carbocycles. The van der Waals surface area contributed by atoms with Crippen LogP contribution in [0.25, 0.3) is 10.9 Å². The highest BCUT2D eigenvalue weighted by Gasteiger charge is 2.28. The topological polar surface area (TPSA) is 98.2 Å². The Labute approximate surface area is 216 Å². The number of benzene rings is 2. The molecule has 2 atom stereocenters. The van der Waals surface area contributed by atoms with Crippen LogP contribution in [-0.2, 0) is 24.4 Å². The molecule has 9 nitrogen and oxygen atoms in total. The SMILES string of the molecule is CC[C@@H](c1nnnn1C[C@H]1CCCO1)N(Cc1ccc(OC)cc1)Cc1cc2cc(C)ccc2[nH]c1=O. The molecule has 0 radical (unpaired) electrons. The van der Waals surface area contributed by atoms with E-state index in [4.69, 9.17) is 9.47 Å². The van der Waals surface area contributed by atoms with Gasteiger partial charge in [0.15, 0.2) is 5.82 Å². The van der Waals surface area contributed by atoms with Crippen LogP contribution in [0.4, 0.5) is 0 Å². The molecule has 3 heterocycles. The number of pyridine rings is 1. The average molecular weight is 503 g/mol. The molecule has 0 unspecified atom stereocenters. The van der Waals surface area contributed by atoms with Crippen molar-refractivity contribution in [1.82, 2.24) is 30.1 Å². The maximum Gasteiger partial charge on any atom is 0.252 e. The quantitative estimate of drug-likeness (QED) is 0.348. The number of H-pyrrole nitrogens is 1. The Morgan fingerprint density at radius 2 is 2.03 bits per heavy atom. The predicted molar refractivity (Wildman–Crippen MR) is 141 cm³/mol. The Bertz CT molecular complexity index is 1390. The second-order valence-electron chi connectivity index (χ2n) is 9.75. The van der Waals surface area contributed by atoms with Gasteiger partial charge in [0.1, 0.15) is 5.75 Å². The van der Waals surface area contributed by atoms with Crippen molar-refractivity contribution in [3.8, 4) is 5.75 Å². The fourth-order valence-corrected chi connectivity index (χ4v) is 5.11. The lowest BCUT2D eigenvalue weighted by Gasteiger charge is -2.30. The number of nitrogens with zero attached hydrogens (tertiary/aromatic N) is 5. The van der Waals surface area contributed by atoms with Crippen LogP contribution in [0.15, 0.2) is 53.3 Å². The van der Waals surface area contributed by atoms with Crippen molar-refractivity contribution in [2.75, 3.05) is 13.7 Å². The van der Waals surface area contributed by atoms with Crippen molar-refractivity contribution in [2.45, 2.75) is 64.9 Å². The number of tetrazole rings is 1. The van der Waals surface area contributed by atoms with Gasteiger partial charge in [0.05, 0.1) is 25.8 Å². The molecule has 0 aliphatic carbocycles. The van der Waals surface area contributed by atoms with Gasteiger partial charge in [0.2, 0.25) is 0 Å². The Kier molecular flexibility index (Phi) is 7.62. The fraction of sp³-hybridized carbons (Fsp3) is 0.429. The maximum atomic E-state index is 13.1. The molecule has 1 aliphatic rings. The zero-order valence-corrected chi connectivity index (χ0v) is 21.7. The van der Waals surface area contributed by atoms with E-state index in [0.717, 1.165) is 59.5 Å². The summed E-state index contributed by atoms with van der Waals surface area (Å²) in [4.78, 5) is 18.5. The standard InChI is InChI=1S/C28H34N6O3/c1-4-26(27-30-31-32-34(27)18-24-6-5-13-37-24)33(16-20-8-10-23(36-3)11-9-20)17-22-15-21-14-19(2)7-12-25(21)29-28(22)35/h7-12,14-15,24,26H,4-6,13,16-18H2,1-3H3,(H,29,35)/t24-,26+/m1/s1. The molecule has 0 spiro atoms. The Morgan fingerprint density at radius 1 is 1.19 bits per heavy atom. The van der Waals surface area contributed by atoms with Crippen molar-refractivity contribution in [3.05, 3.63) is 81.4 Å². The van der Waals surface area contributed by atoms with Gasteiger partial charge in [-0.05, 0) is 77.9 Å². The van der Waals surface area contributed by atoms with Gasteiger partial charge in [-0.1, -0.05) is 30.7 Å². The molecule has 37 heavy (non-hydrogen) atoms. The van der Waals surface area contributed by atoms with Crippen molar-refractivity contribution in [1.29, 1.82) is 0 Å². The van der Waals surface area contributed by atoms with E-state index in [1.165, 1.54) is 0 Å². The van der Waals surface area contributed by atoms with Crippen molar-refractivity contribution >= 4 is 10.9 Å². The largest absolute Gasteiger partial charge is 0.497 e. The van der Waals surface area contributed by atoms with Gasteiger partial charge in [-0.25, -0.2) is 4.68 Å². The molecule has 5 rings (SSSR count). The highest BCUT2D eigenvalue weighted by molar-refractivity contribution is 5.79. The molecular weight excluding hydrogens is 468 g/mol. The lowest BCUT2D eigenvalue weighted by molar-refractivity contribution is 0.0888. The van der Waals surface area contributed by atoms with Crippen LogP contribution in [0.3, 0.4) is 0 Å². The summed E-state index contributed by atoms with van der Waals surface area (Å²) in [5.74, 6) is 1.60. The van der Waals surface area contributed by atoms with Crippen LogP contribution < -0.4 is 10.3 Å². The number of aromatic amines is 1. The van der Waals surface area contributed by atoms with Gasteiger partial charge >= 0.3 is 0 Å². The summed E-state index contributed by atoms with van der Waals surface area (Å²) in [5, 5.41) is 13.8. The molecule has 9 heteroatoms. The summed E-state index contributed by atoms with van der Waals surface area (Å²) < 4.78 is 13.1. The molecule has 4 aromatic rings. The second kappa shape index (κ2) is 11.2. The average Bonchev–Trinajstić information content (AvgIpc) is 3.58. The summed E-state index contributed by atoms with van der Waals surface area (Å²) in [5.41, 5.74) is 3.74. The smallest absolute Gasteiger partial charge is 0.252 e. The molecule has 0 bridgehead atoms. The summed E-state index contributed by atoms with van der Waals surface area (Å²) in [6, 6.07) is 16.0. The number of methoxy groups -OCH3 is 1. The lowest BCUT2D eigenvalue weighted by atomic mass is 10.1. The maximum absolute atomic E-state index is 13.1. The molecule has 194 valence electrons. The Hall–Kier alpha value is -3.56. The summed E-state index contributed by atoms with van der Waals surface area (Å²) in [7, 11) is 1.66. The van der Waals surface area contributed by atoms with Gasteiger partial charge in [0.25, 0.3) is 5.56 Å². The van der Waals surface area contributed by atoms with E-state index in [9.17, 15) is 4.79 Å². The Morgan fingerprint density at radius 3 is 2.76 bits per heavy atom. The van der Waals surface area contributed by atoms with Gasteiger partial charge in [-0.3, -0.25) is 9.69 Å². The van der Waals surface area contributed by atoms with Crippen LogP contribution in [0.2, 0.25) is 0 Å². The van der Waals surface area contributed by atoms with E-state index in [1.807, 2.05) is 35.0 Å². The van der Waals surface area contributed by atoms with Crippen molar-refractivity contribution in [3.63, 3.8) is 0 Å². The number of rotatable bonds is 10. The molecule has 0 amide bonds. The number of ether oxygens (including phenoxy) is 2. The number of aryl methyl sites for hydroxylation is 1. The van der Waals surface area contributed by atoms with Crippen LogP contribution in [-0.4, -0.2) is 49.9 Å². The van der Waals surface area contributed by atoms with E-state index in [-0.39, 0.29) is 17.7 Å². The minimum atomic E-state index is -0.0916. The molecule has 1 saturated heterocycles. The first-order valence-corrected chi connectivity index (χ1v) is 12.9. The highest BCUT2D eigenvalue weighted by Crippen LogP contribution is 2.28. The van der Waals surface area contributed by atoms with E-state index < -0.39 is 0 Å². The normalized spacial score (nSPS) is 16.5. The van der Waals surface area contributed by atoms with Crippen LogP contribution in [0, 0.1) is 6.92 Å². The number of aromatic nitrogens is 5. The first kappa shape index (κ1) is 25.1. The minimum absolute atomic E-state index is 0.0788. The molecule has 1 aliphatic heterocycles. The molecule has 2 aromatic heterocycles. The fourth-order valence-electron chi connectivity index (χ4n) is 5.11. The monoisotopic (exact) mass is 502 g/mol. The zero-order chi connectivity index (χ0) is 25.8. The zero-order valence-electron chi connectivity index (χ0n) is 21.7. The molecular formula is C28H34N6O3. The summed E-state index contributed by atoms with van der Waals surface area (Å²) >= 11 is 0. The Balaban J connectivity index is 1.50.